The van der Waals surface area contributed by atoms with E-state index in [2.05, 4.69) is 9.88 Å². The van der Waals surface area contributed by atoms with Gasteiger partial charge in [-0.05, 0) is 51.4 Å². The molecule has 0 aliphatic carbocycles. The zero-order valence-corrected chi connectivity index (χ0v) is 11.5. The van der Waals surface area contributed by atoms with Crippen molar-refractivity contribution in [3.63, 3.8) is 0 Å². The van der Waals surface area contributed by atoms with Crippen molar-refractivity contribution in [3.05, 3.63) is 29.6 Å². The van der Waals surface area contributed by atoms with Gasteiger partial charge in [-0.1, -0.05) is 6.07 Å². The van der Waals surface area contributed by atoms with Crippen molar-refractivity contribution in [3.8, 4) is 0 Å². The zero-order valence-electron chi connectivity index (χ0n) is 11.5. The first-order valence-corrected chi connectivity index (χ1v) is 7.02. The van der Waals surface area contributed by atoms with E-state index in [1.165, 1.54) is 0 Å². The highest BCUT2D eigenvalue weighted by Crippen LogP contribution is 2.11. The summed E-state index contributed by atoms with van der Waals surface area (Å²) in [6.07, 6.45) is 3.13. The molecule has 104 valence electrons. The Morgan fingerprint density at radius 2 is 2.37 bits per heavy atom. The molecule has 1 fully saturated rings. The van der Waals surface area contributed by atoms with Crippen LogP contribution in [0.3, 0.4) is 0 Å². The molecule has 1 aromatic rings. The van der Waals surface area contributed by atoms with Gasteiger partial charge in [0, 0.05) is 18.7 Å². The average molecular weight is 262 g/mol. The number of Topliss-reactive ketones (excluding diaryl/α,β-unsaturated/α-hetero) is 1. The molecule has 0 aromatic carbocycles. The van der Waals surface area contributed by atoms with Crippen molar-refractivity contribution in [1.82, 2.24) is 9.88 Å². The van der Waals surface area contributed by atoms with Crippen LogP contribution in [0, 0.1) is 6.92 Å². The molecule has 2 rings (SSSR count). The number of β-amino-alcohol motifs (C(OH)–C–C–N with tert-alkyl or cyclic N) is 1. The fraction of sp³-hybridized carbons (Fsp3) is 0.600. The van der Waals surface area contributed by atoms with Gasteiger partial charge in [-0.15, -0.1) is 0 Å². The Morgan fingerprint density at radius 1 is 1.53 bits per heavy atom. The highest BCUT2D eigenvalue weighted by Gasteiger charge is 2.17. The topological polar surface area (TPSA) is 53.4 Å². The summed E-state index contributed by atoms with van der Waals surface area (Å²) >= 11 is 0. The number of piperidine rings is 1. The Bertz CT molecular complexity index is 434. The third kappa shape index (κ3) is 4.40. The number of aliphatic hydroxyl groups is 1. The largest absolute Gasteiger partial charge is 0.392 e. The molecule has 0 bridgehead atoms. The van der Waals surface area contributed by atoms with Gasteiger partial charge < -0.3 is 10.0 Å². The molecular formula is C15H22N2O2. The molecule has 1 aliphatic rings. The number of aliphatic hydroxyl groups excluding tert-OH is 1. The number of carbonyl (C=O) groups excluding carboxylic acids is 1. The lowest BCUT2D eigenvalue weighted by atomic mass is 10.1. The second-order valence-corrected chi connectivity index (χ2v) is 5.29. The molecule has 1 N–H and O–H groups in total. The number of nitrogens with zero attached hydrogens (tertiary/aromatic N) is 2. The van der Waals surface area contributed by atoms with Gasteiger partial charge in [0.1, 0.15) is 5.69 Å². The first-order chi connectivity index (χ1) is 9.15. The normalized spacial score (nSPS) is 20.4. The Hall–Kier alpha value is -1.26. The molecule has 19 heavy (non-hydrogen) atoms. The van der Waals surface area contributed by atoms with E-state index in [-0.39, 0.29) is 11.9 Å². The lowest BCUT2D eigenvalue weighted by Gasteiger charge is -2.29. The predicted octanol–water partition coefficient (Wildman–Crippen LogP) is 1.81. The van der Waals surface area contributed by atoms with Crippen molar-refractivity contribution in [1.29, 1.82) is 0 Å². The van der Waals surface area contributed by atoms with E-state index in [1.807, 2.05) is 19.1 Å². The Balaban J connectivity index is 1.75. The van der Waals surface area contributed by atoms with Crippen LogP contribution in [0.5, 0.6) is 0 Å². The number of aryl methyl sites for hydroxylation is 1. The lowest BCUT2D eigenvalue weighted by molar-refractivity contribution is 0.0691. The molecular weight excluding hydrogens is 240 g/mol. The smallest absolute Gasteiger partial charge is 0.181 e. The molecule has 4 nitrogen and oxygen atoms in total. The summed E-state index contributed by atoms with van der Waals surface area (Å²) in [6, 6.07) is 5.54. The third-order valence-corrected chi connectivity index (χ3v) is 3.53. The minimum absolute atomic E-state index is 0.112. The van der Waals surface area contributed by atoms with Crippen molar-refractivity contribution < 1.29 is 9.90 Å². The number of likely N-dealkylation sites (tertiary alicyclic amines) is 1. The monoisotopic (exact) mass is 262 g/mol. The molecule has 0 spiro atoms. The van der Waals surface area contributed by atoms with Gasteiger partial charge in [0.05, 0.1) is 6.10 Å². The van der Waals surface area contributed by atoms with E-state index in [0.717, 1.165) is 44.6 Å². The fourth-order valence-corrected chi connectivity index (χ4v) is 2.52. The van der Waals surface area contributed by atoms with E-state index in [9.17, 15) is 9.90 Å². The van der Waals surface area contributed by atoms with Gasteiger partial charge >= 0.3 is 0 Å². The van der Waals surface area contributed by atoms with Crippen LogP contribution in [0.2, 0.25) is 0 Å². The quantitative estimate of drug-likeness (QED) is 0.822. The number of pyridine rings is 1. The Labute approximate surface area is 114 Å². The van der Waals surface area contributed by atoms with Crippen LogP contribution in [-0.2, 0) is 0 Å². The second-order valence-electron chi connectivity index (χ2n) is 5.29. The van der Waals surface area contributed by atoms with Crippen molar-refractivity contribution in [2.75, 3.05) is 19.6 Å². The highest BCUT2D eigenvalue weighted by molar-refractivity contribution is 5.94. The molecule has 0 saturated carbocycles. The summed E-state index contributed by atoms with van der Waals surface area (Å²) in [6.45, 7) is 4.56. The van der Waals surface area contributed by atoms with E-state index < -0.39 is 0 Å². The minimum atomic E-state index is -0.192. The Kier molecular flexibility index (Phi) is 5.05. The molecule has 2 heterocycles. The van der Waals surface area contributed by atoms with E-state index in [0.29, 0.717) is 12.1 Å². The average Bonchev–Trinajstić information content (AvgIpc) is 2.38. The zero-order chi connectivity index (χ0) is 13.7. The number of rotatable bonds is 5. The lowest BCUT2D eigenvalue weighted by Crippen LogP contribution is -2.38. The summed E-state index contributed by atoms with van der Waals surface area (Å²) in [5, 5.41) is 9.58. The molecule has 1 aliphatic heterocycles. The van der Waals surface area contributed by atoms with E-state index in [4.69, 9.17) is 0 Å². The van der Waals surface area contributed by atoms with Gasteiger partial charge in [-0.25, -0.2) is 0 Å². The van der Waals surface area contributed by atoms with Crippen LogP contribution in [-0.4, -0.2) is 46.5 Å². The van der Waals surface area contributed by atoms with Crippen LogP contribution in [0.15, 0.2) is 18.2 Å². The second kappa shape index (κ2) is 6.78. The molecule has 0 radical (unpaired) electrons. The summed E-state index contributed by atoms with van der Waals surface area (Å²) in [7, 11) is 0. The van der Waals surface area contributed by atoms with Crippen molar-refractivity contribution >= 4 is 5.78 Å². The van der Waals surface area contributed by atoms with Gasteiger partial charge in [-0.2, -0.15) is 0 Å². The minimum Gasteiger partial charge on any atom is -0.392 e. The van der Waals surface area contributed by atoms with Crippen LogP contribution >= 0.6 is 0 Å². The number of hydrogen-bond donors (Lipinski definition) is 1. The molecule has 1 aromatic heterocycles. The first-order valence-electron chi connectivity index (χ1n) is 7.02. The SMILES string of the molecule is Cc1cccc(C(=O)CCCN2CCCC(O)C2)n1. The third-order valence-electron chi connectivity index (χ3n) is 3.53. The maximum absolute atomic E-state index is 12.0. The van der Waals surface area contributed by atoms with Crippen LogP contribution < -0.4 is 0 Å². The Morgan fingerprint density at radius 3 is 3.11 bits per heavy atom. The summed E-state index contributed by atoms with van der Waals surface area (Å²) in [5.74, 6) is 0.112. The fourth-order valence-electron chi connectivity index (χ4n) is 2.52. The van der Waals surface area contributed by atoms with Gasteiger partial charge in [0.25, 0.3) is 0 Å². The van der Waals surface area contributed by atoms with E-state index >= 15 is 0 Å². The number of hydrogen-bond acceptors (Lipinski definition) is 4. The van der Waals surface area contributed by atoms with Gasteiger partial charge in [0.15, 0.2) is 5.78 Å². The highest BCUT2D eigenvalue weighted by atomic mass is 16.3. The van der Waals surface area contributed by atoms with Crippen LogP contribution in [0.25, 0.3) is 0 Å². The first kappa shape index (κ1) is 14.2. The summed E-state index contributed by atoms with van der Waals surface area (Å²) < 4.78 is 0. The van der Waals surface area contributed by atoms with Crippen LogP contribution in [0.1, 0.15) is 41.9 Å². The number of carbonyl (C=O) groups is 1. The number of ketones is 1. The molecule has 0 amide bonds. The van der Waals surface area contributed by atoms with Crippen molar-refractivity contribution in [2.45, 2.75) is 38.7 Å². The standard InChI is InChI=1S/C15H22N2O2/c1-12-5-2-7-14(16-12)15(19)8-4-10-17-9-3-6-13(18)11-17/h2,5,7,13,18H,3-4,6,8-11H2,1H3. The maximum atomic E-state index is 12.0. The van der Waals surface area contributed by atoms with Crippen molar-refractivity contribution in [2.24, 2.45) is 0 Å². The van der Waals surface area contributed by atoms with Gasteiger partial charge in [0.2, 0.25) is 0 Å². The molecule has 1 unspecified atom stereocenters. The number of aromatic nitrogens is 1. The molecule has 1 atom stereocenters. The summed E-state index contributed by atoms with van der Waals surface area (Å²) in [4.78, 5) is 18.5. The summed E-state index contributed by atoms with van der Waals surface area (Å²) in [5.41, 5.74) is 1.45. The molecule has 4 heteroatoms. The van der Waals surface area contributed by atoms with Crippen LogP contribution in [0.4, 0.5) is 0 Å². The molecule has 1 saturated heterocycles. The van der Waals surface area contributed by atoms with Gasteiger partial charge in [-0.3, -0.25) is 9.78 Å². The van der Waals surface area contributed by atoms with E-state index in [1.54, 1.807) is 6.07 Å². The maximum Gasteiger partial charge on any atom is 0.181 e. The predicted molar refractivity (Wildman–Crippen MR) is 74.2 cm³/mol.